The summed E-state index contributed by atoms with van der Waals surface area (Å²) in [6.45, 7) is 4.97. The smallest absolute Gasteiger partial charge is 0.254 e. The fourth-order valence-electron chi connectivity index (χ4n) is 4.61. The molecule has 0 aromatic heterocycles. The Kier molecular flexibility index (Phi) is 4.96. The van der Waals surface area contributed by atoms with Crippen LogP contribution in [-0.2, 0) is 6.42 Å². The molecule has 4 heteroatoms. The Morgan fingerprint density at radius 1 is 0.897 bits per heavy atom. The summed E-state index contributed by atoms with van der Waals surface area (Å²) in [5, 5.41) is 0. The Bertz CT molecular complexity index is 924. The SMILES string of the molecule is O=C(c1ccc(-c2ccc3c(c2)CCN(CCN2CCCC2)C3=O)cc1)C1CC1. The Morgan fingerprint density at radius 2 is 1.62 bits per heavy atom. The molecule has 150 valence electrons. The number of benzene rings is 2. The first kappa shape index (κ1) is 18.6. The largest absolute Gasteiger partial charge is 0.337 e. The summed E-state index contributed by atoms with van der Waals surface area (Å²) in [4.78, 5) is 29.6. The molecule has 2 aromatic rings. The second-order valence-electron chi connectivity index (χ2n) is 8.68. The van der Waals surface area contributed by atoms with E-state index >= 15 is 0 Å². The van der Waals surface area contributed by atoms with Crippen LogP contribution in [0.5, 0.6) is 0 Å². The number of carbonyl (C=O) groups is 2. The fourth-order valence-corrected chi connectivity index (χ4v) is 4.61. The molecule has 0 spiro atoms. The van der Waals surface area contributed by atoms with Crippen molar-refractivity contribution in [2.45, 2.75) is 32.1 Å². The van der Waals surface area contributed by atoms with Crippen LogP contribution >= 0.6 is 0 Å². The molecule has 1 saturated heterocycles. The van der Waals surface area contributed by atoms with E-state index in [1.807, 2.05) is 41.3 Å². The van der Waals surface area contributed by atoms with E-state index < -0.39 is 0 Å². The third-order valence-electron chi connectivity index (χ3n) is 6.61. The summed E-state index contributed by atoms with van der Waals surface area (Å²) in [6, 6.07) is 14.1. The summed E-state index contributed by atoms with van der Waals surface area (Å²) >= 11 is 0. The number of rotatable bonds is 6. The Morgan fingerprint density at radius 3 is 2.34 bits per heavy atom. The Labute approximate surface area is 172 Å². The van der Waals surface area contributed by atoms with Crippen LogP contribution in [0.3, 0.4) is 0 Å². The molecule has 2 aliphatic heterocycles. The monoisotopic (exact) mass is 388 g/mol. The van der Waals surface area contributed by atoms with Gasteiger partial charge in [-0.1, -0.05) is 36.4 Å². The summed E-state index contributed by atoms with van der Waals surface area (Å²) in [7, 11) is 0. The summed E-state index contributed by atoms with van der Waals surface area (Å²) in [5.41, 5.74) is 5.03. The molecule has 1 saturated carbocycles. The number of amides is 1. The van der Waals surface area contributed by atoms with Crippen molar-refractivity contribution in [1.82, 2.24) is 9.80 Å². The van der Waals surface area contributed by atoms with Crippen LogP contribution in [0.2, 0.25) is 0 Å². The minimum absolute atomic E-state index is 0.169. The molecule has 0 bridgehead atoms. The van der Waals surface area contributed by atoms with Gasteiger partial charge in [-0.3, -0.25) is 9.59 Å². The fraction of sp³-hybridized carbons (Fsp3) is 0.440. The molecule has 1 amide bonds. The second-order valence-corrected chi connectivity index (χ2v) is 8.68. The van der Waals surface area contributed by atoms with Crippen LogP contribution in [0.1, 0.15) is 52.0 Å². The number of likely N-dealkylation sites (tertiary alicyclic amines) is 1. The number of carbonyl (C=O) groups excluding carboxylic acids is 2. The highest BCUT2D eigenvalue weighted by atomic mass is 16.2. The lowest BCUT2D eigenvalue weighted by molar-refractivity contribution is 0.0724. The lowest BCUT2D eigenvalue weighted by Crippen LogP contribution is -2.42. The molecular formula is C25H28N2O2. The number of nitrogens with zero attached hydrogens (tertiary/aromatic N) is 2. The van der Waals surface area contributed by atoms with Gasteiger partial charge in [0, 0.05) is 36.7 Å². The van der Waals surface area contributed by atoms with Crippen molar-refractivity contribution in [3.63, 3.8) is 0 Å². The van der Waals surface area contributed by atoms with Crippen molar-refractivity contribution in [3.8, 4) is 11.1 Å². The first-order chi connectivity index (χ1) is 14.2. The number of Topliss-reactive ketones (excluding diaryl/α,β-unsaturated/α-hetero) is 1. The summed E-state index contributed by atoms with van der Waals surface area (Å²) in [5.74, 6) is 0.702. The molecule has 2 aromatic carbocycles. The van der Waals surface area contributed by atoms with Gasteiger partial charge < -0.3 is 9.80 Å². The van der Waals surface area contributed by atoms with Crippen molar-refractivity contribution in [1.29, 1.82) is 0 Å². The summed E-state index contributed by atoms with van der Waals surface area (Å²) < 4.78 is 0. The predicted octanol–water partition coefficient (Wildman–Crippen LogP) is 4.04. The predicted molar refractivity (Wildman–Crippen MR) is 114 cm³/mol. The zero-order chi connectivity index (χ0) is 19.8. The average Bonchev–Trinajstić information content (AvgIpc) is 3.48. The Balaban J connectivity index is 1.28. The minimum Gasteiger partial charge on any atom is -0.337 e. The van der Waals surface area contributed by atoms with E-state index in [0.717, 1.165) is 66.7 Å². The quantitative estimate of drug-likeness (QED) is 0.701. The van der Waals surface area contributed by atoms with Gasteiger partial charge in [-0.2, -0.15) is 0 Å². The van der Waals surface area contributed by atoms with Crippen LogP contribution in [0.25, 0.3) is 11.1 Å². The standard InChI is InChI=1S/C25H28N2O2/c28-24(20-7-8-20)19-5-3-18(4-6-19)21-9-10-23-22(17-21)11-14-27(25(23)29)16-15-26-12-1-2-13-26/h3-6,9-10,17,20H,1-2,7-8,11-16H2. The van der Waals surface area contributed by atoms with Crippen LogP contribution in [0, 0.1) is 5.92 Å². The van der Waals surface area contributed by atoms with Gasteiger partial charge in [-0.25, -0.2) is 0 Å². The van der Waals surface area contributed by atoms with E-state index in [-0.39, 0.29) is 17.6 Å². The highest BCUT2D eigenvalue weighted by Crippen LogP contribution is 2.33. The Hall–Kier alpha value is -2.46. The van der Waals surface area contributed by atoms with Gasteiger partial charge in [0.15, 0.2) is 5.78 Å². The van der Waals surface area contributed by atoms with E-state index in [4.69, 9.17) is 0 Å². The maximum Gasteiger partial charge on any atom is 0.254 e. The van der Waals surface area contributed by atoms with Crippen LogP contribution in [0.15, 0.2) is 42.5 Å². The zero-order valence-electron chi connectivity index (χ0n) is 16.9. The molecule has 1 aliphatic carbocycles. The molecule has 2 fully saturated rings. The van der Waals surface area contributed by atoms with Crippen LogP contribution in [0.4, 0.5) is 0 Å². The number of hydrogen-bond donors (Lipinski definition) is 0. The van der Waals surface area contributed by atoms with E-state index in [0.29, 0.717) is 0 Å². The highest BCUT2D eigenvalue weighted by Gasteiger charge is 2.30. The van der Waals surface area contributed by atoms with Crippen molar-refractivity contribution in [3.05, 3.63) is 59.2 Å². The maximum atomic E-state index is 12.9. The van der Waals surface area contributed by atoms with Gasteiger partial charge in [0.25, 0.3) is 5.91 Å². The molecule has 5 rings (SSSR count). The number of ketones is 1. The third-order valence-corrected chi connectivity index (χ3v) is 6.61. The van der Waals surface area contributed by atoms with Crippen molar-refractivity contribution in [2.24, 2.45) is 5.92 Å². The molecule has 29 heavy (non-hydrogen) atoms. The van der Waals surface area contributed by atoms with Crippen LogP contribution < -0.4 is 0 Å². The second kappa shape index (κ2) is 7.75. The molecule has 0 unspecified atom stereocenters. The van der Waals surface area contributed by atoms with Crippen molar-refractivity contribution >= 4 is 11.7 Å². The lowest BCUT2D eigenvalue weighted by Gasteiger charge is -2.30. The average molecular weight is 389 g/mol. The van der Waals surface area contributed by atoms with E-state index in [2.05, 4.69) is 11.0 Å². The van der Waals surface area contributed by atoms with Gasteiger partial charge in [-0.05, 0) is 68.0 Å². The molecule has 4 nitrogen and oxygen atoms in total. The van der Waals surface area contributed by atoms with E-state index in [1.165, 1.54) is 25.9 Å². The topological polar surface area (TPSA) is 40.6 Å². The number of hydrogen-bond acceptors (Lipinski definition) is 3. The highest BCUT2D eigenvalue weighted by molar-refractivity contribution is 6.00. The zero-order valence-corrected chi connectivity index (χ0v) is 16.9. The van der Waals surface area contributed by atoms with E-state index in [9.17, 15) is 9.59 Å². The molecule has 0 radical (unpaired) electrons. The van der Waals surface area contributed by atoms with Crippen molar-refractivity contribution < 1.29 is 9.59 Å². The normalized spacial score (nSPS) is 19.4. The number of fused-ring (bicyclic) bond motifs is 1. The third kappa shape index (κ3) is 3.86. The van der Waals surface area contributed by atoms with Gasteiger partial charge in [0.05, 0.1) is 0 Å². The lowest BCUT2D eigenvalue weighted by atomic mass is 9.93. The molecule has 0 atom stereocenters. The molecule has 2 heterocycles. The minimum atomic E-state index is 0.169. The first-order valence-corrected chi connectivity index (χ1v) is 11.0. The first-order valence-electron chi connectivity index (χ1n) is 11.0. The van der Waals surface area contributed by atoms with Gasteiger partial charge in [0.1, 0.15) is 0 Å². The van der Waals surface area contributed by atoms with Gasteiger partial charge in [-0.15, -0.1) is 0 Å². The van der Waals surface area contributed by atoms with Gasteiger partial charge >= 0.3 is 0 Å². The van der Waals surface area contributed by atoms with Crippen molar-refractivity contribution in [2.75, 3.05) is 32.7 Å². The van der Waals surface area contributed by atoms with Gasteiger partial charge in [0.2, 0.25) is 0 Å². The summed E-state index contributed by atoms with van der Waals surface area (Å²) in [6.07, 6.45) is 5.56. The molecular weight excluding hydrogens is 360 g/mol. The van der Waals surface area contributed by atoms with E-state index in [1.54, 1.807) is 0 Å². The molecule has 3 aliphatic rings. The maximum absolute atomic E-state index is 12.9. The van der Waals surface area contributed by atoms with Crippen LogP contribution in [-0.4, -0.2) is 54.2 Å². The molecule has 0 N–H and O–H groups in total.